The summed E-state index contributed by atoms with van der Waals surface area (Å²) in [5, 5.41) is 2.74. The summed E-state index contributed by atoms with van der Waals surface area (Å²) in [6.45, 7) is 5.86. The van der Waals surface area contributed by atoms with Gasteiger partial charge in [0.15, 0.2) is 0 Å². The molecule has 0 atom stereocenters. The number of hydrogen-bond donors (Lipinski definition) is 1. The maximum Gasteiger partial charge on any atom is 0.247 e. The third kappa shape index (κ3) is 6.13. The van der Waals surface area contributed by atoms with Gasteiger partial charge in [-0.2, -0.15) is 4.31 Å². The first-order valence-corrected chi connectivity index (χ1v) is 10.7. The highest BCUT2D eigenvalue weighted by atomic mass is 32.2. The monoisotopic (exact) mass is 417 g/mol. The van der Waals surface area contributed by atoms with Crippen LogP contribution in [0.1, 0.15) is 13.3 Å². The molecule has 0 aliphatic carbocycles. The zero-order valence-electron chi connectivity index (χ0n) is 16.3. The highest BCUT2D eigenvalue weighted by Gasteiger charge is 2.28. The minimum absolute atomic E-state index is 0.0331. The third-order valence-electron chi connectivity index (χ3n) is 4.49. The molecule has 0 radical (unpaired) electrons. The molecule has 10 heteroatoms. The van der Waals surface area contributed by atoms with Crippen molar-refractivity contribution in [3.8, 4) is 5.75 Å². The average molecular weight is 418 g/mol. The van der Waals surface area contributed by atoms with Crippen LogP contribution in [-0.4, -0.2) is 83.1 Å². The average Bonchev–Trinajstić information content (AvgIpc) is 2.70. The lowest BCUT2D eigenvalue weighted by Gasteiger charge is -2.26. The van der Waals surface area contributed by atoms with Gasteiger partial charge in [0, 0.05) is 26.2 Å². The lowest BCUT2D eigenvalue weighted by molar-refractivity contribution is -0.121. The molecule has 1 N–H and O–H groups in total. The zero-order valence-corrected chi connectivity index (χ0v) is 17.1. The molecule has 8 nitrogen and oxygen atoms in total. The Bertz CT molecular complexity index is 754. The lowest BCUT2D eigenvalue weighted by Crippen LogP contribution is -2.42. The normalized spacial score (nSPS) is 15.6. The van der Waals surface area contributed by atoms with E-state index in [2.05, 4.69) is 10.2 Å². The van der Waals surface area contributed by atoms with E-state index in [-0.39, 0.29) is 23.7 Å². The van der Waals surface area contributed by atoms with Crippen molar-refractivity contribution in [1.29, 1.82) is 0 Å². The Labute approximate surface area is 165 Å². The molecular weight excluding hydrogens is 389 g/mol. The van der Waals surface area contributed by atoms with Crippen LogP contribution in [0.2, 0.25) is 0 Å². The number of carbonyl (C=O) groups is 1. The molecule has 1 fully saturated rings. The third-order valence-corrected chi connectivity index (χ3v) is 6.44. The summed E-state index contributed by atoms with van der Waals surface area (Å²) in [6, 6.07) is 3.27. The maximum atomic E-state index is 13.6. The van der Waals surface area contributed by atoms with Crippen molar-refractivity contribution in [2.45, 2.75) is 18.2 Å². The van der Waals surface area contributed by atoms with Crippen LogP contribution in [0, 0.1) is 5.82 Å². The standard InChI is InChI=1S/C18H28FN3O5S/c1-3-22(28(24,25)17-13-15(19)5-6-16(17)26-2)14-18(23)20-7-4-8-21-9-11-27-12-10-21/h5-6,13H,3-4,7-12,14H2,1-2H3,(H,20,23). The molecule has 0 unspecified atom stereocenters. The Balaban J connectivity index is 1.91. The molecule has 158 valence electrons. The minimum Gasteiger partial charge on any atom is -0.495 e. The van der Waals surface area contributed by atoms with Crippen molar-refractivity contribution in [3.63, 3.8) is 0 Å². The van der Waals surface area contributed by atoms with Crippen LogP contribution in [0.25, 0.3) is 0 Å². The quantitative estimate of drug-likeness (QED) is 0.564. The molecule has 28 heavy (non-hydrogen) atoms. The van der Waals surface area contributed by atoms with Gasteiger partial charge in [-0.05, 0) is 31.2 Å². The van der Waals surface area contributed by atoms with E-state index in [1.165, 1.54) is 13.2 Å². The Morgan fingerprint density at radius 2 is 2.07 bits per heavy atom. The smallest absolute Gasteiger partial charge is 0.247 e. The van der Waals surface area contributed by atoms with E-state index in [4.69, 9.17) is 9.47 Å². The molecule has 0 bridgehead atoms. The molecular formula is C18H28FN3O5S. The highest BCUT2D eigenvalue weighted by Crippen LogP contribution is 2.27. The number of hydrogen-bond acceptors (Lipinski definition) is 6. The van der Waals surface area contributed by atoms with Crippen molar-refractivity contribution in [1.82, 2.24) is 14.5 Å². The van der Waals surface area contributed by atoms with Gasteiger partial charge in [-0.3, -0.25) is 9.69 Å². The first kappa shape index (κ1) is 22.5. The largest absolute Gasteiger partial charge is 0.495 e. The fourth-order valence-corrected chi connectivity index (χ4v) is 4.50. The number of carbonyl (C=O) groups excluding carboxylic acids is 1. The van der Waals surface area contributed by atoms with Crippen LogP contribution in [0.4, 0.5) is 4.39 Å². The van der Waals surface area contributed by atoms with E-state index < -0.39 is 21.7 Å². The van der Waals surface area contributed by atoms with Crippen LogP contribution in [0.15, 0.2) is 23.1 Å². The number of nitrogens with one attached hydrogen (secondary N) is 1. The highest BCUT2D eigenvalue weighted by molar-refractivity contribution is 7.89. The fourth-order valence-electron chi connectivity index (χ4n) is 2.93. The molecule has 1 aliphatic rings. The van der Waals surface area contributed by atoms with Crippen LogP contribution < -0.4 is 10.1 Å². The van der Waals surface area contributed by atoms with Gasteiger partial charge >= 0.3 is 0 Å². The van der Waals surface area contributed by atoms with E-state index >= 15 is 0 Å². The van der Waals surface area contributed by atoms with Crippen molar-refractivity contribution >= 4 is 15.9 Å². The molecule has 1 aliphatic heterocycles. The molecule has 0 aromatic heterocycles. The van der Waals surface area contributed by atoms with E-state index in [1.807, 2.05) is 0 Å². The topological polar surface area (TPSA) is 88.2 Å². The van der Waals surface area contributed by atoms with Gasteiger partial charge in [0.1, 0.15) is 16.5 Å². The Morgan fingerprint density at radius 3 is 2.71 bits per heavy atom. The number of rotatable bonds is 10. The van der Waals surface area contributed by atoms with Gasteiger partial charge in [-0.1, -0.05) is 6.92 Å². The van der Waals surface area contributed by atoms with E-state index in [0.29, 0.717) is 6.54 Å². The molecule has 1 amide bonds. The summed E-state index contributed by atoms with van der Waals surface area (Å²) >= 11 is 0. The van der Waals surface area contributed by atoms with Crippen LogP contribution in [-0.2, 0) is 19.6 Å². The molecule has 1 aromatic carbocycles. The van der Waals surface area contributed by atoms with Gasteiger partial charge in [-0.25, -0.2) is 12.8 Å². The van der Waals surface area contributed by atoms with Crippen molar-refractivity contribution in [3.05, 3.63) is 24.0 Å². The Morgan fingerprint density at radius 1 is 1.36 bits per heavy atom. The number of amides is 1. The molecule has 2 rings (SSSR count). The second-order valence-electron chi connectivity index (χ2n) is 6.38. The molecule has 0 saturated carbocycles. The predicted octanol–water partition coefficient (Wildman–Crippen LogP) is 0.683. The molecule has 1 saturated heterocycles. The van der Waals surface area contributed by atoms with Crippen molar-refractivity contribution < 1.29 is 27.1 Å². The molecule has 0 spiro atoms. The van der Waals surface area contributed by atoms with Crippen LogP contribution in [0.3, 0.4) is 0 Å². The number of sulfonamides is 1. The lowest BCUT2D eigenvalue weighted by atomic mass is 10.3. The number of nitrogens with zero attached hydrogens (tertiary/aromatic N) is 2. The van der Waals surface area contributed by atoms with Crippen molar-refractivity contribution in [2.24, 2.45) is 0 Å². The fraction of sp³-hybridized carbons (Fsp3) is 0.611. The second kappa shape index (κ2) is 10.7. The Hall–Kier alpha value is -1.75. The number of morpholine rings is 1. The van der Waals surface area contributed by atoms with E-state index in [9.17, 15) is 17.6 Å². The Kier molecular flexibility index (Phi) is 8.61. The summed E-state index contributed by atoms with van der Waals surface area (Å²) < 4.78 is 50.6. The maximum absolute atomic E-state index is 13.6. The number of methoxy groups -OCH3 is 1. The summed E-state index contributed by atoms with van der Waals surface area (Å²) in [5.74, 6) is -1.06. The van der Waals surface area contributed by atoms with Gasteiger partial charge in [-0.15, -0.1) is 0 Å². The summed E-state index contributed by atoms with van der Waals surface area (Å²) in [6.07, 6.45) is 0.766. The SMILES string of the molecule is CCN(CC(=O)NCCCN1CCOCC1)S(=O)(=O)c1cc(F)ccc1OC. The number of ether oxygens (including phenoxy) is 2. The number of benzene rings is 1. The first-order chi connectivity index (χ1) is 13.4. The van der Waals surface area contributed by atoms with Crippen LogP contribution in [0.5, 0.6) is 5.75 Å². The van der Waals surface area contributed by atoms with E-state index in [1.54, 1.807) is 6.92 Å². The minimum atomic E-state index is -4.07. The number of halogens is 1. The van der Waals surface area contributed by atoms with Crippen molar-refractivity contribution in [2.75, 3.05) is 59.6 Å². The summed E-state index contributed by atoms with van der Waals surface area (Å²) in [4.78, 5) is 14.2. The van der Waals surface area contributed by atoms with Gasteiger partial charge < -0.3 is 14.8 Å². The summed E-state index contributed by atoms with van der Waals surface area (Å²) in [7, 11) is -2.76. The molecule has 1 aromatic rings. The van der Waals surface area contributed by atoms with Gasteiger partial charge in [0.05, 0.1) is 26.9 Å². The van der Waals surface area contributed by atoms with Crippen LogP contribution >= 0.6 is 0 Å². The summed E-state index contributed by atoms with van der Waals surface area (Å²) in [5.41, 5.74) is 0. The van der Waals surface area contributed by atoms with Gasteiger partial charge in [0.25, 0.3) is 0 Å². The second-order valence-corrected chi connectivity index (χ2v) is 8.29. The van der Waals surface area contributed by atoms with Gasteiger partial charge in [0.2, 0.25) is 15.9 Å². The van der Waals surface area contributed by atoms with E-state index in [0.717, 1.165) is 55.7 Å². The first-order valence-electron chi connectivity index (χ1n) is 9.29. The zero-order chi connectivity index (χ0) is 20.6. The predicted molar refractivity (Wildman–Crippen MR) is 102 cm³/mol. The molecule has 1 heterocycles. The number of likely N-dealkylation sites (N-methyl/N-ethyl adjacent to an activating group) is 1.